The number of hydrogen-bond donors (Lipinski definition) is 0. The highest BCUT2D eigenvalue weighted by Crippen LogP contribution is 2.17. The quantitative estimate of drug-likeness (QED) is 0.642. The second-order valence-electron chi connectivity index (χ2n) is 4.02. The van der Waals surface area contributed by atoms with Gasteiger partial charge >= 0.3 is 0 Å². The fraction of sp³-hybridized carbons (Fsp3) is 0.154. The molecule has 1 aromatic heterocycles. The molecule has 2 rings (SSSR count). The monoisotopic (exact) mass is 324 g/mol. The van der Waals surface area contributed by atoms with Crippen molar-refractivity contribution in [2.24, 2.45) is 7.05 Å². The number of benzene rings is 1. The van der Waals surface area contributed by atoms with Crippen molar-refractivity contribution >= 4 is 27.5 Å². The van der Waals surface area contributed by atoms with Gasteiger partial charge in [0.15, 0.2) is 11.6 Å². The number of carbonyl (C=O) groups is 2. The molecule has 0 radical (unpaired) electrons. The third-order valence-corrected chi connectivity index (χ3v) is 3.05. The number of carbonyl (C=O) groups excluding carboxylic acids is 2. The Labute approximate surface area is 117 Å². The van der Waals surface area contributed by atoms with Crippen molar-refractivity contribution in [2.45, 2.75) is 6.42 Å². The SMILES string of the molecule is Cn1ccc(C(=O)CC(=O)c2ccc(Br)cc2F)n1. The van der Waals surface area contributed by atoms with E-state index in [1.54, 1.807) is 19.3 Å². The number of ketones is 2. The van der Waals surface area contributed by atoms with Gasteiger partial charge in [0.25, 0.3) is 0 Å². The molecule has 0 saturated heterocycles. The van der Waals surface area contributed by atoms with Crippen LogP contribution < -0.4 is 0 Å². The Kier molecular flexibility index (Phi) is 3.90. The number of halogens is 2. The van der Waals surface area contributed by atoms with Crippen LogP contribution in [0.25, 0.3) is 0 Å². The molecular formula is C13H10BrFN2O2. The first-order valence-corrected chi connectivity index (χ1v) is 6.28. The summed E-state index contributed by atoms with van der Waals surface area (Å²) < 4.78 is 15.6. The third-order valence-electron chi connectivity index (χ3n) is 2.55. The molecule has 0 fully saturated rings. The van der Waals surface area contributed by atoms with Crippen LogP contribution in [0.2, 0.25) is 0 Å². The maximum Gasteiger partial charge on any atom is 0.190 e. The Hall–Kier alpha value is -1.82. The molecule has 6 heteroatoms. The molecule has 0 saturated carbocycles. The van der Waals surface area contributed by atoms with Crippen LogP contribution in [0, 0.1) is 5.82 Å². The van der Waals surface area contributed by atoms with Crippen molar-refractivity contribution in [3.8, 4) is 0 Å². The second-order valence-corrected chi connectivity index (χ2v) is 4.94. The molecule has 0 N–H and O–H groups in total. The summed E-state index contributed by atoms with van der Waals surface area (Å²) in [5.74, 6) is -1.62. The molecule has 0 bridgehead atoms. The number of aromatic nitrogens is 2. The van der Waals surface area contributed by atoms with Crippen LogP contribution >= 0.6 is 15.9 Å². The Morgan fingerprint density at radius 3 is 2.63 bits per heavy atom. The van der Waals surface area contributed by atoms with Crippen LogP contribution in [0.15, 0.2) is 34.9 Å². The van der Waals surface area contributed by atoms with Crippen molar-refractivity contribution in [2.75, 3.05) is 0 Å². The van der Waals surface area contributed by atoms with E-state index in [-0.39, 0.29) is 11.3 Å². The van der Waals surface area contributed by atoms with Gasteiger partial charge in [0.05, 0.1) is 12.0 Å². The molecule has 19 heavy (non-hydrogen) atoms. The van der Waals surface area contributed by atoms with Gasteiger partial charge in [0.1, 0.15) is 11.5 Å². The molecule has 0 spiro atoms. The summed E-state index contributed by atoms with van der Waals surface area (Å²) in [6.07, 6.45) is 1.22. The van der Waals surface area contributed by atoms with E-state index in [9.17, 15) is 14.0 Å². The molecule has 4 nitrogen and oxygen atoms in total. The maximum atomic E-state index is 13.6. The predicted molar refractivity (Wildman–Crippen MR) is 70.6 cm³/mol. The highest BCUT2D eigenvalue weighted by molar-refractivity contribution is 9.10. The molecule has 0 aliphatic heterocycles. The third kappa shape index (κ3) is 3.14. The molecule has 0 amide bonds. The van der Waals surface area contributed by atoms with Crippen LogP contribution in [-0.2, 0) is 7.05 Å². The first-order valence-electron chi connectivity index (χ1n) is 5.48. The Morgan fingerprint density at radius 1 is 1.32 bits per heavy atom. The molecular weight excluding hydrogens is 315 g/mol. The van der Waals surface area contributed by atoms with E-state index in [0.717, 1.165) is 0 Å². The van der Waals surface area contributed by atoms with Crippen LogP contribution in [0.1, 0.15) is 27.3 Å². The van der Waals surface area contributed by atoms with Crippen molar-refractivity contribution in [1.82, 2.24) is 9.78 Å². The molecule has 1 heterocycles. The van der Waals surface area contributed by atoms with Crippen LogP contribution in [0.3, 0.4) is 0 Å². The zero-order chi connectivity index (χ0) is 14.0. The van der Waals surface area contributed by atoms with E-state index >= 15 is 0 Å². The Bertz CT molecular complexity index is 652. The first kappa shape index (κ1) is 13.6. The highest BCUT2D eigenvalue weighted by Gasteiger charge is 2.18. The lowest BCUT2D eigenvalue weighted by atomic mass is 10.0. The van der Waals surface area contributed by atoms with Gasteiger partial charge in [-0.05, 0) is 24.3 Å². The lowest BCUT2D eigenvalue weighted by Gasteiger charge is -2.02. The number of rotatable bonds is 4. The van der Waals surface area contributed by atoms with Gasteiger partial charge in [0.2, 0.25) is 0 Å². The average molecular weight is 325 g/mol. The molecule has 0 unspecified atom stereocenters. The second kappa shape index (κ2) is 5.44. The molecule has 2 aromatic rings. The minimum absolute atomic E-state index is 0.0903. The fourth-order valence-corrected chi connectivity index (χ4v) is 1.94. The van der Waals surface area contributed by atoms with Crippen molar-refractivity contribution in [3.63, 3.8) is 0 Å². The minimum Gasteiger partial charge on any atom is -0.294 e. The highest BCUT2D eigenvalue weighted by atomic mass is 79.9. The summed E-state index contributed by atoms with van der Waals surface area (Å²) >= 11 is 3.10. The zero-order valence-corrected chi connectivity index (χ0v) is 11.6. The van der Waals surface area contributed by atoms with Crippen LogP contribution in [0.4, 0.5) is 4.39 Å². The average Bonchev–Trinajstić information content (AvgIpc) is 2.75. The van der Waals surface area contributed by atoms with E-state index in [1.165, 1.54) is 22.9 Å². The minimum atomic E-state index is -0.645. The lowest BCUT2D eigenvalue weighted by molar-refractivity contribution is 0.0889. The van der Waals surface area contributed by atoms with E-state index in [1.807, 2.05) is 0 Å². The van der Waals surface area contributed by atoms with E-state index in [4.69, 9.17) is 0 Å². The number of aryl methyl sites for hydroxylation is 1. The van der Waals surface area contributed by atoms with E-state index in [2.05, 4.69) is 21.0 Å². The zero-order valence-electron chi connectivity index (χ0n) is 10.1. The van der Waals surface area contributed by atoms with E-state index < -0.39 is 23.8 Å². The topological polar surface area (TPSA) is 52.0 Å². The van der Waals surface area contributed by atoms with Crippen molar-refractivity contribution in [3.05, 3.63) is 52.0 Å². The summed E-state index contributed by atoms with van der Waals surface area (Å²) in [4.78, 5) is 23.6. The molecule has 98 valence electrons. The summed E-state index contributed by atoms with van der Waals surface area (Å²) in [7, 11) is 1.67. The van der Waals surface area contributed by atoms with Gasteiger partial charge < -0.3 is 0 Å². The number of nitrogens with zero attached hydrogens (tertiary/aromatic N) is 2. The molecule has 0 aliphatic rings. The number of hydrogen-bond acceptors (Lipinski definition) is 3. The largest absolute Gasteiger partial charge is 0.294 e. The van der Waals surface area contributed by atoms with Gasteiger partial charge in [-0.3, -0.25) is 14.3 Å². The van der Waals surface area contributed by atoms with Gasteiger partial charge in [-0.15, -0.1) is 0 Å². The standard InChI is InChI=1S/C13H10BrFN2O2/c1-17-5-4-11(16-17)13(19)7-12(18)9-3-2-8(14)6-10(9)15/h2-6H,7H2,1H3. The van der Waals surface area contributed by atoms with E-state index in [0.29, 0.717) is 4.47 Å². The maximum absolute atomic E-state index is 13.6. The molecule has 0 atom stereocenters. The number of Topliss-reactive ketones (excluding diaryl/α,β-unsaturated/α-hetero) is 2. The summed E-state index contributed by atoms with van der Waals surface area (Å²) in [5, 5.41) is 3.91. The smallest absolute Gasteiger partial charge is 0.190 e. The van der Waals surface area contributed by atoms with Gasteiger partial charge in [0, 0.05) is 17.7 Å². The summed E-state index contributed by atoms with van der Waals surface area (Å²) in [6, 6.07) is 5.63. The normalized spacial score (nSPS) is 10.5. The Balaban J connectivity index is 2.15. The summed E-state index contributed by atoms with van der Waals surface area (Å²) in [5.41, 5.74) is 0.112. The van der Waals surface area contributed by atoms with Gasteiger partial charge in [-0.2, -0.15) is 5.10 Å². The summed E-state index contributed by atoms with van der Waals surface area (Å²) in [6.45, 7) is 0. The molecule has 1 aromatic carbocycles. The molecule has 0 aliphatic carbocycles. The van der Waals surface area contributed by atoms with Crippen LogP contribution in [0.5, 0.6) is 0 Å². The first-order chi connectivity index (χ1) is 8.97. The lowest BCUT2D eigenvalue weighted by Crippen LogP contribution is -2.11. The van der Waals surface area contributed by atoms with Crippen molar-refractivity contribution < 1.29 is 14.0 Å². The van der Waals surface area contributed by atoms with Gasteiger partial charge in [-0.1, -0.05) is 15.9 Å². The van der Waals surface area contributed by atoms with Gasteiger partial charge in [-0.25, -0.2) is 4.39 Å². The Morgan fingerprint density at radius 2 is 2.05 bits per heavy atom. The fourth-order valence-electron chi connectivity index (χ4n) is 1.61. The van der Waals surface area contributed by atoms with Crippen LogP contribution in [-0.4, -0.2) is 21.3 Å². The predicted octanol–water partition coefficient (Wildman–Crippen LogP) is 2.78. The van der Waals surface area contributed by atoms with Crippen molar-refractivity contribution in [1.29, 1.82) is 0 Å².